The van der Waals surface area contributed by atoms with Gasteiger partial charge in [-0.25, -0.2) is 4.98 Å². The third-order valence-electron chi connectivity index (χ3n) is 3.06. The van der Waals surface area contributed by atoms with E-state index in [-0.39, 0.29) is 0 Å². The number of nitrogens with zero attached hydrogens (tertiary/aromatic N) is 1. The van der Waals surface area contributed by atoms with Crippen molar-refractivity contribution >= 4 is 21.6 Å². The summed E-state index contributed by atoms with van der Waals surface area (Å²) in [6.45, 7) is 4.10. The number of para-hydroxylation sites is 1. The molecule has 0 radical (unpaired) electrons. The van der Waals surface area contributed by atoms with Crippen LogP contribution in [0.1, 0.15) is 0 Å². The molecule has 0 saturated carbocycles. The van der Waals surface area contributed by atoms with Gasteiger partial charge in [-0.2, -0.15) is 0 Å². The van der Waals surface area contributed by atoms with Gasteiger partial charge in [0.05, 0.1) is 17.3 Å². The summed E-state index contributed by atoms with van der Waals surface area (Å²) in [5, 5.41) is 0.977. The van der Waals surface area contributed by atoms with Gasteiger partial charge in [0.2, 0.25) is 0 Å². The van der Waals surface area contributed by atoms with Crippen LogP contribution in [-0.2, 0) is 0 Å². The van der Waals surface area contributed by atoms with Crippen molar-refractivity contribution in [3.05, 3.63) is 55.1 Å². The Morgan fingerprint density at radius 1 is 1.19 bits per heavy atom. The molecule has 1 aromatic heterocycles. The van der Waals surface area contributed by atoms with Crippen LogP contribution in [-0.4, -0.2) is 18.7 Å². The van der Waals surface area contributed by atoms with Gasteiger partial charge < -0.3 is 9.47 Å². The molecule has 3 aromatic rings. The number of fused-ring (bicyclic) bond motifs is 1. The van der Waals surface area contributed by atoms with Gasteiger partial charge in [-0.1, -0.05) is 24.8 Å². The Morgan fingerprint density at radius 2 is 2.05 bits per heavy atom. The maximum absolute atomic E-state index is 5.57. The van der Waals surface area contributed by atoms with Gasteiger partial charge in [0.1, 0.15) is 11.6 Å². The summed E-state index contributed by atoms with van der Waals surface area (Å²) in [5.41, 5.74) is 2.04. The van der Waals surface area contributed by atoms with Gasteiger partial charge in [0, 0.05) is 5.56 Å². The lowest BCUT2D eigenvalue weighted by molar-refractivity contribution is 0.326. The second-order valence-corrected chi connectivity index (χ2v) is 5.48. The van der Waals surface area contributed by atoms with Crippen LogP contribution in [0.5, 0.6) is 11.5 Å². The molecule has 3 rings (SSSR count). The zero-order valence-corrected chi connectivity index (χ0v) is 12.5. The Bertz CT molecular complexity index is 746. The number of hydrogen-bond donors (Lipinski definition) is 0. The lowest BCUT2D eigenvalue weighted by atomic mass is 10.2. The van der Waals surface area contributed by atoms with Crippen LogP contribution < -0.4 is 9.47 Å². The molecular weight excluding hydrogens is 282 g/mol. The molecule has 0 aliphatic rings. The van der Waals surface area contributed by atoms with Gasteiger partial charge in [0.25, 0.3) is 0 Å². The fraction of sp³-hybridized carbons (Fsp3) is 0.118. The molecule has 0 aliphatic heterocycles. The zero-order chi connectivity index (χ0) is 14.7. The molecule has 0 N–H and O–H groups in total. The van der Waals surface area contributed by atoms with E-state index in [1.165, 1.54) is 4.70 Å². The van der Waals surface area contributed by atoms with Gasteiger partial charge in [-0.05, 0) is 30.3 Å². The van der Waals surface area contributed by atoms with Crippen molar-refractivity contribution in [2.75, 3.05) is 13.7 Å². The maximum atomic E-state index is 5.57. The van der Waals surface area contributed by atoms with Crippen LogP contribution in [0.15, 0.2) is 55.1 Å². The molecule has 0 aliphatic carbocycles. The number of ether oxygens (including phenoxy) is 2. The molecule has 0 atom stereocenters. The van der Waals surface area contributed by atoms with Crippen molar-refractivity contribution in [1.29, 1.82) is 0 Å². The molecule has 0 amide bonds. The molecule has 0 bridgehead atoms. The lowest BCUT2D eigenvalue weighted by Crippen LogP contribution is -1.96. The van der Waals surface area contributed by atoms with Crippen molar-refractivity contribution in [2.24, 2.45) is 0 Å². The van der Waals surface area contributed by atoms with Crippen LogP contribution in [0.2, 0.25) is 0 Å². The number of hydrogen-bond acceptors (Lipinski definition) is 4. The second-order valence-electron chi connectivity index (χ2n) is 4.45. The highest BCUT2D eigenvalue weighted by molar-refractivity contribution is 7.21. The molecule has 21 heavy (non-hydrogen) atoms. The number of aromatic nitrogens is 1. The summed E-state index contributed by atoms with van der Waals surface area (Å²) in [6.07, 6.45) is 1.71. The van der Waals surface area contributed by atoms with Gasteiger partial charge >= 0.3 is 0 Å². The summed E-state index contributed by atoms with van der Waals surface area (Å²) in [6, 6.07) is 14.0. The van der Waals surface area contributed by atoms with E-state index < -0.39 is 0 Å². The molecular formula is C17H15NO2S. The Labute approximate surface area is 127 Å². The van der Waals surface area contributed by atoms with E-state index >= 15 is 0 Å². The first-order valence-electron chi connectivity index (χ1n) is 6.59. The molecule has 4 heteroatoms. The van der Waals surface area contributed by atoms with Gasteiger partial charge in [-0.3, -0.25) is 0 Å². The first-order valence-corrected chi connectivity index (χ1v) is 7.41. The van der Waals surface area contributed by atoms with E-state index in [2.05, 4.69) is 17.6 Å². The molecule has 0 spiro atoms. The Kier molecular flexibility index (Phi) is 3.88. The first-order chi connectivity index (χ1) is 10.3. The second kappa shape index (κ2) is 5.97. The highest BCUT2D eigenvalue weighted by atomic mass is 32.1. The van der Waals surface area contributed by atoms with Crippen molar-refractivity contribution in [2.45, 2.75) is 0 Å². The lowest BCUT2D eigenvalue weighted by Gasteiger charge is -2.10. The van der Waals surface area contributed by atoms with Crippen LogP contribution in [0, 0.1) is 0 Å². The summed E-state index contributed by atoms with van der Waals surface area (Å²) in [7, 11) is 1.64. The van der Waals surface area contributed by atoms with E-state index in [0.29, 0.717) is 18.1 Å². The van der Waals surface area contributed by atoms with E-state index in [9.17, 15) is 0 Å². The predicted octanol–water partition coefficient (Wildman–Crippen LogP) is 4.54. The van der Waals surface area contributed by atoms with Gasteiger partial charge in [0.15, 0.2) is 11.5 Å². The SMILES string of the molecule is C=CCOc1ccc(-c2nc3ccccc3s2)cc1OC. The molecule has 0 fully saturated rings. The standard InChI is InChI=1S/C17H15NO2S/c1-3-10-20-14-9-8-12(11-15(14)19-2)17-18-13-6-4-5-7-16(13)21-17/h3-9,11H,1,10H2,2H3. The number of benzene rings is 2. The minimum Gasteiger partial charge on any atom is -0.493 e. The highest BCUT2D eigenvalue weighted by Crippen LogP contribution is 2.35. The number of methoxy groups -OCH3 is 1. The molecule has 0 unspecified atom stereocenters. The average Bonchev–Trinajstić information content (AvgIpc) is 2.96. The van der Waals surface area contributed by atoms with Gasteiger partial charge in [-0.15, -0.1) is 11.3 Å². The van der Waals surface area contributed by atoms with Crippen molar-refractivity contribution in [1.82, 2.24) is 4.98 Å². The maximum Gasteiger partial charge on any atom is 0.161 e. The minimum absolute atomic E-state index is 0.455. The minimum atomic E-state index is 0.455. The first kappa shape index (κ1) is 13.6. The normalized spacial score (nSPS) is 10.5. The summed E-state index contributed by atoms with van der Waals surface area (Å²) in [4.78, 5) is 4.66. The average molecular weight is 297 g/mol. The summed E-state index contributed by atoms with van der Waals surface area (Å²) < 4.78 is 12.1. The number of rotatable bonds is 5. The van der Waals surface area contributed by atoms with E-state index in [4.69, 9.17) is 9.47 Å². The third-order valence-corrected chi connectivity index (χ3v) is 4.15. The highest BCUT2D eigenvalue weighted by Gasteiger charge is 2.10. The Hall–Kier alpha value is -2.33. The zero-order valence-electron chi connectivity index (χ0n) is 11.7. The fourth-order valence-electron chi connectivity index (χ4n) is 2.06. The largest absolute Gasteiger partial charge is 0.493 e. The smallest absolute Gasteiger partial charge is 0.161 e. The van der Waals surface area contributed by atoms with Crippen molar-refractivity contribution in [3.63, 3.8) is 0 Å². The Balaban J connectivity index is 1.99. The van der Waals surface area contributed by atoms with Crippen LogP contribution in [0.4, 0.5) is 0 Å². The number of thiazole rings is 1. The quantitative estimate of drug-likeness (QED) is 0.648. The molecule has 1 heterocycles. The summed E-state index contributed by atoms with van der Waals surface area (Å²) in [5.74, 6) is 1.41. The monoisotopic (exact) mass is 297 g/mol. The topological polar surface area (TPSA) is 31.4 Å². The van der Waals surface area contributed by atoms with E-state index in [0.717, 1.165) is 16.1 Å². The van der Waals surface area contributed by atoms with E-state index in [1.807, 2.05) is 36.4 Å². The fourth-order valence-corrected chi connectivity index (χ4v) is 3.03. The predicted molar refractivity (Wildman–Crippen MR) is 87.3 cm³/mol. The third kappa shape index (κ3) is 2.76. The van der Waals surface area contributed by atoms with Crippen LogP contribution in [0.25, 0.3) is 20.8 Å². The summed E-state index contributed by atoms with van der Waals surface area (Å²) >= 11 is 1.67. The molecule has 2 aromatic carbocycles. The van der Waals surface area contributed by atoms with Crippen molar-refractivity contribution in [3.8, 4) is 22.1 Å². The van der Waals surface area contributed by atoms with E-state index in [1.54, 1.807) is 24.5 Å². The molecule has 0 saturated heterocycles. The molecule has 3 nitrogen and oxygen atoms in total. The molecule has 106 valence electrons. The van der Waals surface area contributed by atoms with Crippen LogP contribution in [0.3, 0.4) is 0 Å². The Morgan fingerprint density at radius 3 is 2.81 bits per heavy atom. The van der Waals surface area contributed by atoms with Crippen LogP contribution >= 0.6 is 11.3 Å². The van der Waals surface area contributed by atoms with Crippen molar-refractivity contribution < 1.29 is 9.47 Å².